The Hall–Kier alpha value is -3.36. The molecule has 258 valence electrons. The van der Waals surface area contributed by atoms with Crippen LogP contribution in [0.1, 0.15) is 49.7 Å². The molecule has 3 N–H and O–H groups in total. The molecule has 0 spiro atoms. The highest BCUT2D eigenvalue weighted by Crippen LogP contribution is 2.34. The van der Waals surface area contributed by atoms with Gasteiger partial charge in [0.25, 0.3) is 0 Å². The van der Waals surface area contributed by atoms with Crippen LogP contribution in [-0.2, 0) is 27.3 Å². The number of halogens is 2. The molecule has 2 aromatic rings. The van der Waals surface area contributed by atoms with E-state index in [4.69, 9.17) is 4.74 Å². The van der Waals surface area contributed by atoms with E-state index in [-0.39, 0.29) is 54.2 Å². The number of carbonyl (C=O) groups is 4. The summed E-state index contributed by atoms with van der Waals surface area (Å²) >= 11 is 6.77. The second-order valence-corrected chi connectivity index (χ2v) is 14.7. The topological polar surface area (TPSA) is 135 Å². The molecule has 0 radical (unpaired) electrons. The zero-order valence-corrected chi connectivity index (χ0v) is 30.2. The second kappa shape index (κ2) is 15.0. The number of likely N-dealkylation sites (tertiary alicyclic amines) is 3. The van der Waals surface area contributed by atoms with Gasteiger partial charge in [-0.2, -0.15) is 0 Å². The predicted octanol–water partition coefficient (Wildman–Crippen LogP) is 4.68. The minimum Gasteiger partial charge on any atom is -0.506 e. The number of para-hydroxylation sites is 1. The number of ether oxygens (including phenoxy) is 1. The van der Waals surface area contributed by atoms with Crippen molar-refractivity contribution in [2.45, 2.75) is 75.7 Å². The quantitative estimate of drug-likeness (QED) is 0.347. The highest BCUT2D eigenvalue weighted by atomic mass is 79.9. The minimum absolute atomic E-state index is 0.00205. The molecule has 4 heterocycles. The number of carbonyl (C=O) groups excluding carboxylic acids is 4. The van der Waals surface area contributed by atoms with Crippen LogP contribution < -0.4 is 10.6 Å². The van der Waals surface area contributed by atoms with Crippen molar-refractivity contribution in [3.8, 4) is 5.75 Å². The van der Waals surface area contributed by atoms with Crippen molar-refractivity contribution in [3.05, 3.63) is 56.5 Å². The lowest BCUT2D eigenvalue weighted by Gasteiger charge is -2.41. The Labute approximate surface area is 297 Å². The molecule has 6 rings (SSSR count). The molecule has 12 nitrogen and oxygen atoms in total. The van der Waals surface area contributed by atoms with Crippen molar-refractivity contribution < 1.29 is 29.0 Å². The van der Waals surface area contributed by atoms with E-state index in [9.17, 15) is 24.3 Å². The molecule has 3 saturated heterocycles. The molecule has 4 aliphatic heterocycles. The van der Waals surface area contributed by atoms with E-state index >= 15 is 0 Å². The van der Waals surface area contributed by atoms with Crippen molar-refractivity contribution >= 4 is 61.5 Å². The van der Waals surface area contributed by atoms with E-state index in [2.05, 4.69) is 47.4 Å². The first kappa shape index (κ1) is 34.5. The van der Waals surface area contributed by atoms with Crippen LogP contribution in [0.15, 0.2) is 45.3 Å². The molecule has 5 amide bonds. The third-order valence-electron chi connectivity index (χ3n) is 10.2. The molecule has 0 saturated carbocycles. The normalized spacial score (nSPS) is 21.4. The average molecular weight is 791 g/mol. The SMILES string of the molecule is COC(=O)[C@H]1CCCN1C1CCN(C(=O)[C@@H](Cc2cc(Br)c(O)c(Br)c2)NC(=O)N2CCC(N3Cc4ccccc4NC3=O)CC2)CC1. The summed E-state index contributed by atoms with van der Waals surface area (Å²) in [5, 5.41) is 16.3. The fourth-order valence-corrected chi connectivity index (χ4v) is 8.84. The van der Waals surface area contributed by atoms with Crippen LogP contribution in [0.2, 0.25) is 0 Å². The average Bonchev–Trinajstić information content (AvgIpc) is 3.60. The highest BCUT2D eigenvalue weighted by molar-refractivity contribution is 9.11. The van der Waals surface area contributed by atoms with Crippen molar-refractivity contribution in [3.63, 3.8) is 0 Å². The summed E-state index contributed by atoms with van der Waals surface area (Å²) in [7, 11) is 1.42. The first-order valence-corrected chi connectivity index (χ1v) is 18.2. The van der Waals surface area contributed by atoms with Gasteiger partial charge in [-0.25, -0.2) is 9.59 Å². The molecule has 0 bridgehead atoms. The monoisotopic (exact) mass is 788 g/mol. The number of hydrogen-bond donors (Lipinski definition) is 3. The maximum Gasteiger partial charge on any atom is 0.323 e. The number of piperidine rings is 2. The Kier molecular flexibility index (Phi) is 10.8. The van der Waals surface area contributed by atoms with Gasteiger partial charge in [-0.15, -0.1) is 0 Å². The van der Waals surface area contributed by atoms with Gasteiger partial charge in [-0.05, 0) is 106 Å². The second-order valence-electron chi connectivity index (χ2n) is 13.0. The Bertz CT molecular complexity index is 1520. The largest absolute Gasteiger partial charge is 0.506 e. The fourth-order valence-electron chi connectivity index (χ4n) is 7.56. The van der Waals surface area contributed by atoms with Crippen LogP contribution in [0.4, 0.5) is 15.3 Å². The molecule has 4 aliphatic rings. The summed E-state index contributed by atoms with van der Waals surface area (Å²) in [6.45, 7) is 3.34. The van der Waals surface area contributed by atoms with E-state index in [0.29, 0.717) is 54.5 Å². The summed E-state index contributed by atoms with van der Waals surface area (Å²) in [4.78, 5) is 60.6. The summed E-state index contributed by atoms with van der Waals surface area (Å²) in [5.41, 5.74) is 2.68. The molecule has 0 aliphatic carbocycles. The lowest BCUT2D eigenvalue weighted by atomic mass is 9.99. The lowest BCUT2D eigenvalue weighted by Crippen LogP contribution is -2.58. The third kappa shape index (κ3) is 7.45. The van der Waals surface area contributed by atoms with Crippen LogP contribution in [-0.4, -0.2) is 113 Å². The molecular weight excluding hydrogens is 748 g/mol. The maximum atomic E-state index is 14.1. The van der Waals surface area contributed by atoms with E-state index in [1.54, 1.807) is 17.0 Å². The Morgan fingerprint density at radius 2 is 1.60 bits per heavy atom. The van der Waals surface area contributed by atoms with E-state index in [1.807, 2.05) is 34.1 Å². The summed E-state index contributed by atoms with van der Waals surface area (Å²) in [5.74, 6) is -0.297. The van der Waals surface area contributed by atoms with Crippen LogP contribution >= 0.6 is 31.9 Å². The number of phenolic OH excluding ortho intramolecular Hbond substituents is 1. The molecule has 48 heavy (non-hydrogen) atoms. The lowest BCUT2D eigenvalue weighted by molar-refractivity contribution is -0.147. The number of aromatic hydroxyl groups is 1. The molecule has 2 aromatic carbocycles. The van der Waals surface area contributed by atoms with E-state index < -0.39 is 6.04 Å². The Morgan fingerprint density at radius 3 is 2.29 bits per heavy atom. The van der Waals surface area contributed by atoms with Gasteiger partial charge < -0.3 is 35.2 Å². The molecule has 3 fully saturated rings. The zero-order chi connectivity index (χ0) is 33.9. The highest BCUT2D eigenvalue weighted by Gasteiger charge is 2.39. The first-order chi connectivity index (χ1) is 23.1. The number of anilines is 1. The van der Waals surface area contributed by atoms with Gasteiger partial charge in [0.05, 0.1) is 16.1 Å². The predicted molar refractivity (Wildman–Crippen MR) is 186 cm³/mol. The van der Waals surface area contributed by atoms with Gasteiger partial charge in [0.2, 0.25) is 5.91 Å². The molecule has 14 heteroatoms. The summed E-state index contributed by atoms with van der Waals surface area (Å²) in [6, 6.07) is 10.00. The Balaban J connectivity index is 1.10. The number of phenols is 1. The number of urea groups is 2. The van der Waals surface area contributed by atoms with Gasteiger partial charge in [-0.1, -0.05) is 18.2 Å². The van der Waals surface area contributed by atoms with Crippen LogP contribution in [0, 0.1) is 0 Å². The van der Waals surface area contributed by atoms with Gasteiger partial charge in [-0.3, -0.25) is 14.5 Å². The molecule has 0 unspecified atom stereocenters. The number of fused-ring (bicyclic) bond motifs is 1. The number of hydrogen-bond acceptors (Lipinski definition) is 7. The minimum atomic E-state index is -0.825. The number of nitrogens with zero attached hydrogens (tertiary/aromatic N) is 4. The van der Waals surface area contributed by atoms with E-state index in [0.717, 1.165) is 49.0 Å². The number of esters is 1. The molecule has 0 aromatic heterocycles. The zero-order valence-electron chi connectivity index (χ0n) is 27.0. The number of amides is 5. The molecular formula is C34H42Br2N6O6. The van der Waals surface area contributed by atoms with Gasteiger partial charge in [0.15, 0.2) is 0 Å². The number of methoxy groups -OCH3 is 1. The van der Waals surface area contributed by atoms with Gasteiger partial charge in [0, 0.05) is 56.9 Å². The maximum absolute atomic E-state index is 14.1. The van der Waals surface area contributed by atoms with Crippen molar-refractivity contribution in [2.24, 2.45) is 0 Å². The van der Waals surface area contributed by atoms with Crippen molar-refractivity contribution in [2.75, 3.05) is 45.2 Å². The Morgan fingerprint density at radius 1 is 0.958 bits per heavy atom. The standard InChI is InChI=1S/C34H42Br2N6O6/c1-48-32(45)29-7-4-12-41(29)23-8-13-39(14-9-23)31(44)28(19-21-17-25(35)30(43)26(36)18-21)38-33(46)40-15-10-24(11-16-40)42-20-22-5-2-3-6-27(22)37-34(42)47/h2-3,5-6,17-18,23-24,28-29,43H,4,7-16,19-20H2,1H3,(H,37,47)(H,38,46)/t28-,29-/m1/s1. The molecule has 2 atom stereocenters. The summed E-state index contributed by atoms with van der Waals surface area (Å²) < 4.78 is 6.01. The number of rotatable bonds is 7. The summed E-state index contributed by atoms with van der Waals surface area (Å²) in [6.07, 6.45) is 4.71. The van der Waals surface area contributed by atoms with Crippen molar-refractivity contribution in [1.29, 1.82) is 0 Å². The van der Waals surface area contributed by atoms with Gasteiger partial charge >= 0.3 is 18.0 Å². The third-order valence-corrected chi connectivity index (χ3v) is 11.4. The first-order valence-electron chi connectivity index (χ1n) is 16.6. The van der Waals surface area contributed by atoms with Crippen LogP contribution in [0.3, 0.4) is 0 Å². The van der Waals surface area contributed by atoms with Crippen LogP contribution in [0.25, 0.3) is 0 Å². The van der Waals surface area contributed by atoms with Crippen molar-refractivity contribution in [1.82, 2.24) is 24.9 Å². The fraction of sp³-hybridized carbons (Fsp3) is 0.529. The van der Waals surface area contributed by atoms with Gasteiger partial charge in [0.1, 0.15) is 17.8 Å². The smallest absolute Gasteiger partial charge is 0.323 e. The number of nitrogens with one attached hydrogen (secondary N) is 2. The van der Waals surface area contributed by atoms with E-state index in [1.165, 1.54) is 7.11 Å². The van der Waals surface area contributed by atoms with Crippen LogP contribution in [0.5, 0.6) is 5.75 Å². The number of benzene rings is 2.